The standard InChI is InChI=1S/C24H25NO4/c1-15-20(23(27)29-14-16-8-5-4-6-9-16)22(19-10-7-11-28-19)21-17(25-15)12-24(2,3)13-18(21)26/h4-11,20,22H,12-14H2,1-3H3/t20?,22-/m0/s1. The Kier molecular flexibility index (Phi) is 4.99. The monoisotopic (exact) mass is 391 g/mol. The summed E-state index contributed by atoms with van der Waals surface area (Å²) in [6, 6.07) is 13.1. The largest absolute Gasteiger partial charge is 0.469 e. The van der Waals surface area contributed by atoms with Crippen LogP contribution in [-0.4, -0.2) is 17.5 Å². The topological polar surface area (TPSA) is 68.9 Å². The molecule has 1 aromatic carbocycles. The van der Waals surface area contributed by atoms with Gasteiger partial charge in [-0.25, -0.2) is 0 Å². The van der Waals surface area contributed by atoms with Gasteiger partial charge in [0.2, 0.25) is 0 Å². The number of benzene rings is 1. The molecule has 2 atom stereocenters. The van der Waals surface area contributed by atoms with Crippen LogP contribution in [0.1, 0.15) is 50.9 Å². The van der Waals surface area contributed by atoms with Gasteiger partial charge in [0.25, 0.3) is 0 Å². The number of carbonyl (C=O) groups is 2. The Bertz CT molecular complexity index is 983. The van der Waals surface area contributed by atoms with Crippen molar-refractivity contribution in [1.82, 2.24) is 0 Å². The van der Waals surface area contributed by atoms with Gasteiger partial charge in [0.15, 0.2) is 5.78 Å². The maximum atomic E-state index is 13.1. The molecule has 0 saturated heterocycles. The van der Waals surface area contributed by atoms with E-state index in [2.05, 4.69) is 13.8 Å². The third kappa shape index (κ3) is 3.82. The molecule has 1 aliphatic carbocycles. The molecule has 0 bridgehead atoms. The second kappa shape index (κ2) is 7.47. The van der Waals surface area contributed by atoms with Crippen molar-refractivity contribution < 1.29 is 18.7 Å². The Balaban J connectivity index is 1.68. The summed E-state index contributed by atoms with van der Waals surface area (Å²) in [5.41, 5.74) is 2.81. The van der Waals surface area contributed by atoms with Crippen LogP contribution in [0.25, 0.3) is 0 Å². The molecule has 2 aromatic rings. The zero-order chi connectivity index (χ0) is 20.6. The van der Waals surface area contributed by atoms with Gasteiger partial charge in [-0.05, 0) is 36.5 Å². The normalized spacial score (nSPS) is 23.4. The molecule has 0 radical (unpaired) electrons. The quantitative estimate of drug-likeness (QED) is 0.699. The Labute approximate surface area is 170 Å². The van der Waals surface area contributed by atoms with Crippen molar-refractivity contribution >= 4 is 17.5 Å². The Morgan fingerprint density at radius 1 is 1.17 bits per heavy atom. The van der Waals surface area contributed by atoms with Crippen LogP contribution in [0.5, 0.6) is 0 Å². The molecule has 2 aliphatic rings. The molecule has 0 saturated carbocycles. The van der Waals surface area contributed by atoms with Crippen LogP contribution in [0.4, 0.5) is 0 Å². The fourth-order valence-corrected chi connectivity index (χ4v) is 4.34. The number of hydrogen-bond donors (Lipinski definition) is 0. The van der Waals surface area contributed by atoms with Crippen LogP contribution < -0.4 is 0 Å². The SMILES string of the molecule is CC1=NC2=C(C(=O)CC(C)(C)C2)[C@@H](c2ccco2)C1C(=O)OCc1ccccc1. The maximum absolute atomic E-state index is 13.1. The lowest BCUT2D eigenvalue weighted by atomic mass is 9.68. The zero-order valence-corrected chi connectivity index (χ0v) is 17.0. The van der Waals surface area contributed by atoms with E-state index < -0.39 is 11.8 Å². The van der Waals surface area contributed by atoms with E-state index in [1.165, 1.54) is 0 Å². The minimum Gasteiger partial charge on any atom is -0.469 e. The first-order chi connectivity index (χ1) is 13.9. The third-order valence-electron chi connectivity index (χ3n) is 5.63. The molecule has 0 spiro atoms. The summed E-state index contributed by atoms with van der Waals surface area (Å²) in [4.78, 5) is 30.9. The van der Waals surface area contributed by atoms with E-state index in [1.54, 1.807) is 12.3 Å². The number of Topliss-reactive ketones (excluding diaryl/α,β-unsaturated/α-hetero) is 1. The van der Waals surface area contributed by atoms with Gasteiger partial charge < -0.3 is 9.15 Å². The molecule has 0 fully saturated rings. The highest BCUT2D eigenvalue weighted by atomic mass is 16.5. The highest BCUT2D eigenvalue weighted by Crippen LogP contribution is 2.48. The molecule has 5 heteroatoms. The summed E-state index contributed by atoms with van der Waals surface area (Å²) in [5, 5.41) is 0. The summed E-state index contributed by atoms with van der Waals surface area (Å²) < 4.78 is 11.3. The summed E-state index contributed by atoms with van der Waals surface area (Å²) in [6.07, 6.45) is 2.71. The lowest BCUT2D eigenvalue weighted by Crippen LogP contribution is -2.39. The first kappa shape index (κ1) is 19.4. The van der Waals surface area contributed by atoms with Gasteiger partial charge in [-0.3, -0.25) is 14.6 Å². The Morgan fingerprint density at radius 3 is 2.62 bits per heavy atom. The van der Waals surface area contributed by atoms with Crippen molar-refractivity contribution in [2.24, 2.45) is 16.3 Å². The van der Waals surface area contributed by atoms with Gasteiger partial charge in [0.1, 0.15) is 18.3 Å². The molecular formula is C24H25NO4. The molecule has 5 nitrogen and oxygen atoms in total. The highest BCUT2D eigenvalue weighted by molar-refractivity contribution is 6.08. The predicted octanol–water partition coefficient (Wildman–Crippen LogP) is 4.84. The zero-order valence-electron chi connectivity index (χ0n) is 17.0. The fourth-order valence-electron chi connectivity index (χ4n) is 4.34. The number of rotatable bonds is 4. The van der Waals surface area contributed by atoms with Crippen molar-refractivity contribution in [1.29, 1.82) is 0 Å². The first-order valence-electron chi connectivity index (χ1n) is 9.91. The van der Waals surface area contributed by atoms with E-state index in [0.717, 1.165) is 11.3 Å². The minimum absolute atomic E-state index is 0.0368. The van der Waals surface area contributed by atoms with Gasteiger partial charge in [-0.15, -0.1) is 0 Å². The number of esters is 1. The van der Waals surface area contributed by atoms with Gasteiger partial charge >= 0.3 is 5.97 Å². The molecule has 1 aromatic heterocycles. The van der Waals surface area contributed by atoms with Gasteiger partial charge in [0, 0.05) is 23.4 Å². The van der Waals surface area contributed by atoms with Crippen molar-refractivity contribution in [3.05, 3.63) is 71.3 Å². The van der Waals surface area contributed by atoms with Crippen LogP contribution in [0.2, 0.25) is 0 Å². The summed E-state index contributed by atoms with van der Waals surface area (Å²) in [6.45, 7) is 6.16. The number of aliphatic imine (C=N–C) groups is 1. The van der Waals surface area contributed by atoms with E-state index in [9.17, 15) is 9.59 Å². The molecule has 1 unspecified atom stereocenters. The van der Waals surface area contributed by atoms with E-state index in [4.69, 9.17) is 14.1 Å². The molecule has 29 heavy (non-hydrogen) atoms. The molecular weight excluding hydrogens is 366 g/mol. The minimum atomic E-state index is -0.672. The van der Waals surface area contributed by atoms with E-state index in [0.29, 0.717) is 29.9 Å². The molecule has 4 rings (SSSR count). The predicted molar refractivity (Wildman–Crippen MR) is 109 cm³/mol. The molecule has 1 aliphatic heterocycles. The van der Waals surface area contributed by atoms with Crippen LogP contribution in [-0.2, 0) is 20.9 Å². The first-order valence-corrected chi connectivity index (χ1v) is 9.91. The second-order valence-electron chi connectivity index (χ2n) is 8.62. The number of carbonyl (C=O) groups excluding carboxylic acids is 2. The number of hydrogen-bond acceptors (Lipinski definition) is 5. The van der Waals surface area contributed by atoms with Crippen molar-refractivity contribution in [2.45, 2.75) is 46.1 Å². The number of allylic oxidation sites excluding steroid dienone is 2. The van der Waals surface area contributed by atoms with Crippen molar-refractivity contribution in [3.8, 4) is 0 Å². The average Bonchev–Trinajstić information content (AvgIpc) is 3.19. The van der Waals surface area contributed by atoms with Crippen LogP contribution >= 0.6 is 0 Å². The summed E-state index contributed by atoms with van der Waals surface area (Å²) >= 11 is 0. The van der Waals surface area contributed by atoms with Crippen LogP contribution in [0, 0.1) is 11.3 Å². The Morgan fingerprint density at radius 2 is 1.93 bits per heavy atom. The van der Waals surface area contributed by atoms with Gasteiger partial charge in [0.05, 0.1) is 12.2 Å². The second-order valence-corrected chi connectivity index (χ2v) is 8.62. The molecule has 150 valence electrons. The summed E-state index contributed by atoms with van der Waals surface area (Å²) in [7, 11) is 0. The fraction of sp³-hybridized carbons (Fsp3) is 0.375. The van der Waals surface area contributed by atoms with Crippen molar-refractivity contribution in [2.75, 3.05) is 0 Å². The molecule has 0 N–H and O–H groups in total. The van der Waals surface area contributed by atoms with E-state index >= 15 is 0 Å². The number of nitrogens with zero attached hydrogens (tertiary/aromatic N) is 1. The Hall–Kier alpha value is -2.95. The third-order valence-corrected chi connectivity index (χ3v) is 5.63. The maximum Gasteiger partial charge on any atom is 0.316 e. The molecule has 2 heterocycles. The van der Waals surface area contributed by atoms with Crippen molar-refractivity contribution in [3.63, 3.8) is 0 Å². The summed E-state index contributed by atoms with van der Waals surface area (Å²) in [5.74, 6) is -0.921. The average molecular weight is 391 g/mol. The van der Waals surface area contributed by atoms with Gasteiger partial charge in [-0.1, -0.05) is 44.2 Å². The lowest BCUT2D eigenvalue weighted by molar-refractivity contribution is -0.148. The van der Waals surface area contributed by atoms with Crippen LogP contribution in [0.15, 0.2) is 69.4 Å². The smallest absolute Gasteiger partial charge is 0.316 e. The van der Waals surface area contributed by atoms with E-state index in [-0.39, 0.29) is 23.8 Å². The van der Waals surface area contributed by atoms with Gasteiger partial charge in [-0.2, -0.15) is 0 Å². The highest BCUT2D eigenvalue weighted by Gasteiger charge is 2.47. The lowest BCUT2D eigenvalue weighted by Gasteiger charge is -2.38. The number of ether oxygens (including phenoxy) is 1. The van der Waals surface area contributed by atoms with E-state index in [1.807, 2.05) is 43.3 Å². The number of ketones is 1. The van der Waals surface area contributed by atoms with Crippen LogP contribution in [0.3, 0.4) is 0 Å². The molecule has 0 amide bonds. The number of furan rings is 1.